The van der Waals surface area contributed by atoms with Gasteiger partial charge in [0, 0.05) is 18.9 Å². The predicted molar refractivity (Wildman–Crippen MR) is 96.0 cm³/mol. The molecule has 2 aromatic rings. The molecule has 0 spiro atoms. The van der Waals surface area contributed by atoms with Gasteiger partial charge in [-0.3, -0.25) is 0 Å². The Hall–Kier alpha value is -1.03. The zero-order valence-electron chi connectivity index (χ0n) is 13.5. The highest BCUT2D eigenvalue weighted by molar-refractivity contribution is 6.42. The second-order valence-electron chi connectivity index (χ2n) is 5.77. The van der Waals surface area contributed by atoms with Crippen molar-refractivity contribution in [2.45, 2.75) is 58.3 Å². The Labute approximate surface area is 148 Å². The standard InChI is InChI=1S/C18H24Cl2N2O/c1-2-3-4-5-16(8-10-22-11-9-21-14-22)23-13-15-6-7-17(19)18(20)12-15/h6-7,9,11-12,14,16H,2-5,8,10,13H2,1H3. The smallest absolute Gasteiger partial charge is 0.0945 e. The van der Waals surface area contributed by atoms with E-state index in [2.05, 4.69) is 16.5 Å². The molecule has 0 saturated carbocycles. The molecule has 1 heterocycles. The zero-order valence-corrected chi connectivity index (χ0v) is 15.1. The molecule has 3 nitrogen and oxygen atoms in total. The average Bonchev–Trinajstić information content (AvgIpc) is 3.06. The number of hydrogen-bond donors (Lipinski definition) is 0. The molecule has 1 aromatic carbocycles. The van der Waals surface area contributed by atoms with Crippen LogP contribution in [0, 0.1) is 0 Å². The molecule has 1 aromatic heterocycles. The fourth-order valence-electron chi connectivity index (χ4n) is 2.49. The number of aryl methyl sites for hydroxylation is 1. The molecule has 1 atom stereocenters. The monoisotopic (exact) mass is 354 g/mol. The number of ether oxygens (including phenoxy) is 1. The number of hydrogen-bond acceptors (Lipinski definition) is 2. The first-order valence-corrected chi connectivity index (χ1v) is 8.96. The van der Waals surface area contributed by atoms with Gasteiger partial charge in [-0.1, -0.05) is 55.5 Å². The molecule has 0 aliphatic carbocycles. The summed E-state index contributed by atoms with van der Waals surface area (Å²) in [5, 5.41) is 1.16. The minimum Gasteiger partial charge on any atom is -0.373 e. The molecule has 0 saturated heterocycles. The first kappa shape index (κ1) is 18.3. The molecule has 0 fully saturated rings. The van der Waals surface area contributed by atoms with Crippen molar-refractivity contribution in [3.05, 3.63) is 52.5 Å². The molecule has 0 aliphatic rings. The highest BCUT2D eigenvalue weighted by Crippen LogP contribution is 2.23. The maximum absolute atomic E-state index is 6.13. The van der Waals surface area contributed by atoms with Crippen LogP contribution in [0.1, 0.15) is 44.6 Å². The second-order valence-corrected chi connectivity index (χ2v) is 6.58. The van der Waals surface area contributed by atoms with Crippen LogP contribution >= 0.6 is 23.2 Å². The highest BCUT2D eigenvalue weighted by Gasteiger charge is 2.10. The lowest BCUT2D eigenvalue weighted by molar-refractivity contribution is 0.0251. The zero-order chi connectivity index (χ0) is 16.5. The second kappa shape index (κ2) is 9.96. The molecule has 0 bridgehead atoms. The maximum Gasteiger partial charge on any atom is 0.0945 e. The van der Waals surface area contributed by atoms with Crippen LogP contribution in [-0.4, -0.2) is 15.7 Å². The third kappa shape index (κ3) is 6.54. The molecule has 1 unspecified atom stereocenters. The lowest BCUT2D eigenvalue weighted by Crippen LogP contribution is -2.16. The Balaban J connectivity index is 1.85. The largest absolute Gasteiger partial charge is 0.373 e. The van der Waals surface area contributed by atoms with E-state index >= 15 is 0 Å². The van der Waals surface area contributed by atoms with Gasteiger partial charge in [-0.2, -0.15) is 0 Å². The van der Waals surface area contributed by atoms with Crippen molar-refractivity contribution in [2.75, 3.05) is 0 Å². The molecule has 0 N–H and O–H groups in total. The van der Waals surface area contributed by atoms with Crippen molar-refractivity contribution >= 4 is 23.2 Å². The Morgan fingerprint density at radius 2 is 2.04 bits per heavy atom. The van der Waals surface area contributed by atoms with Gasteiger partial charge in [0.15, 0.2) is 0 Å². The number of halogens is 2. The molecule has 0 radical (unpaired) electrons. The number of rotatable bonds is 10. The van der Waals surface area contributed by atoms with Crippen LogP contribution < -0.4 is 0 Å². The minimum absolute atomic E-state index is 0.249. The summed E-state index contributed by atoms with van der Waals surface area (Å²) in [7, 11) is 0. The lowest BCUT2D eigenvalue weighted by Gasteiger charge is -2.18. The van der Waals surface area contributed by atoms with Gasteiger partial charge in [-0.05, 0) is 30.5 Å². The van der Waals surface area contributed by atoms with E-state index in [1.165, 1.54) is 19.3 Å². The molecular formula is C18H24Cl2N2O. The average molecular weight is 355 g/mol. The van der Waals surface area contributed by atoms with E-state index in [0.29, 0.717) is 16.7 Å². The summed E-state index contributed by atoms with van der Waals surface area (Å²) >= 11 is 12.0. The van der Waals surface area contributed by atoms with Gasteiger partial charge in [-0.15, -0.1) is 0 Å². The van der Waals surface area contributed by atoms with Gasteiger partial charge >= 0.3 is 0 Å². The van der Waals surface area contributed by atoms with E-state index in [-0.39, 0.29) is 6.10 Å². The van der Waals surface area contributed by atoms with Crippen molar-refractivity contribution < 1.29 is 4.74 Å². The molecule has 23 heavy (non-hydrogen) atoms. The third-order valence-electron chi connectivity index (χ3n) is 3.87. The van der Waals surface area contributed by atoms with Gasteiger partial charge in [0.05, 0.1) is 29.1 Å². The molecule has 0 amide bonds. The molecular weight excluding hydrogens is 331 g/mol. The molecule has 2 rings (SSSR count). The number of nitrogens with zero attached hydrogens (tertiary/aromatic N) is 2. The maximum atomic E-state index is 6.13. The summed E-state index contributed by atoms with van der Waals surface area (Å²) in [6, 6.07) is 5.66. The topological polar surface area (TPSA) is 27.1 Å². The molecule has 0 aliphatic heterocycles. The van der Waals surface area contributed by atoms with Crippen LogP contribution in [-0.2, 0) is 17.9 Å². The number of imidazole rings is 1. The normalized spacial score (nSPS) is 12.5. The van der Waals surface area contributed by atoms with Crippen LogP contribution in [0.25, 0.3) is 0 Å². The van der Waals surface area contributed by atoms with E-state index in [4.69, 9.17) is 27.9 Å². The van der Waals surface area contributed by atoms with Crippen molar-refractivity contribution in [1.82, 2.24) is 9.55 Å². The van der Waals surface area contributed by atoms with Crippen LogP contribution in [0.3, 0.4) is 0 Å². The van der Waals surface area contributed by atoms with Gasteiger partial charge in [0.1, 0.15) is 0 Å². The first-order valence-electron chi connectivity index (χ1n) is 8.20. The Morgan fingerprint density at radius 1 is 1.17 bits per heavy atom. The van der Waals surface area contributed by atoms with E-state index in [1.807, 2.05) is 36.9 Å². The van der Waals surface area contributed by atoms with Crippen molar-refractivity contribution in [1.29, 1.82) is 0 Å². The summed E-state index contributed by atoms with van der Waals surface area (Å²) in [5.41, 5.74) is 1.06. The Kier molecular flexibility index (Phi) is 7.93. The first-order chi connectivity index (χ1) is 11.2. The number of aromatic nitrogens is 2. The number of benzene rings is 1. The van der Waals surface area contributed by atoms with Crippen molar-refractivity contribution in [3.63, 3.8) is 0 Å². The van der Waals surface area contributed by atoms with Crippen LogP contribution in [0.4, 0.5) is 0 Å². The van der Waals surface area contributed by atoms with E-state index in [0.717, 1.165) is 24.9 Å². The molecule has 126 valence electrons. The quantitative estimate of drug-likeness (QED) is 0.508. The highest BCUT2D eigenvalue weighted by atomic mass is 35.5. The third-order valence-corrected chi connectivity index (χ3v) is 4.61. The van der Waals surface area contributed by atoms with Gasteiger partial charge in [-0.25, -0.2) is 4.98 Å². The van der Waals surface area contributed by atoms with Crippen molar-refractivity contribution in [3.8, 4) is 0 Å². The van der Waals surface area contributed by atoms with E-state index in [9.17, 15) is 0 Å². The predicted octanol–water partition coefficient (Wildman–Crippen LogP) is 5.75. The van der Waals surface area contributed by atoms with E-state index in [1.54, 1.807) is 0 Å². The minimum atomic E-state index is 0.249. The number of unbranched alkanes of at least 4 members (excludes halogenated alkanes) is 2. The molecule has 5 heteroatoms. The lowest BCUT2D eigenvalue weighted by atomic mass is 10.1. The van der Waals surface area contributed by atoms with Crippen LogP contribution in [0.5, 0.6) is 0 Å². The van der Waals surface area contributed by atoms with Gasteiger partial charge in [0.2, 0.25) is 0 Å². The summed E-state index contributed by atoms with van der Waals surface area (Å²) in [4.78, 5) is 4.08. The Bertz CT molecular complexity index is 572. The summed E-state index contributed by atoms with van der Waals surface area (Å²) in [6.45, 7) is 3.72. The fourth-order valence-corrected chi connectivity index (χ4v) is 2.81. The Morgan fingerprint density at radius 3 is 2.74 bits per heavy atom. The SMILES string of the molecule is CCCCCC(CCn1ccnc1)OCc1ccc(Cl)c(Cl)c1. The van der Waals surface area contributed by atoms with Crippen molar-refractivity contribution in [2.24, 2.45) is 0 Å². The summed E-state index contributed by atoms with van der Waals surface area (Å²) in [6.07, 6.45) is 11.6. The van der Waals surface area contributed by atoms with E-state index < -0.39 is 0 Å². The van der Waals surface area contributed by atoms with Gasteiger partial charge < -0.3 is 9.30 Å². The summed E-state index contributed by atoms with van der Waals surface area (Å²) in [5.74, 6) is 0. The van der Waals surface area contributed by atoms with Crippen LogP contribution in [0.2, 0.25) is 10.0 Å². The van der Waals surface area contributed by atoms with Gasteiger partial charge in [0.25, 0.3) is 0 Å². The summed E-state index contributed by atoms with van der Waals surface area (Å²) < 4.78 is 8.23. The fraction of sp³-hybridized carbons (Fsp3) is 0.500. The van der Waals surface area contributed by atoms with Crippen LogP contribution in [0.15, 0.2) is 36.9 Å².